The van der Waals surface area contributed by atoms with Gasteiger partial charge in [-0.05, 0) is 83.0 Å². The first-order valence-corrected chi connectivity index (χ1v) is 16.3. The Labute approximate surface area is 279 Å². The minimum absolute atomic E-state index is 0.0936. The van der Waals surface area contributed by atoms with E-state index in [4.69, 9.17) is 4.74 Å². The molecule has 2 amide bonds. The van der Waals surface area contributed by atoms with Crippen molar-refractivity contribution in [1.82, 2.24) is 39.5 Å². The van der Waals surface area contributed by atoms with Crippen molar-refractivity contribution < 1.29 is 14.3 Å². The Balaban J connectivity index is 1.37. The number of benzene rings is 2. The Kier molecular flexibility index (Phi) is 9.97. The summed E-state index contributed by atoms with van der Waals surface area (Å²) in [5.41, 5.74) is 4.39. The van der Waals surface area contributed by atoms with Crippen molar-refractivity contribution in [1.29, 1.82) is 0 Å². The van der Waals surface area contributed by atoms with Crippen LogP contribution in [0.2, 0.25) is 0 Å². The summed E-state index contributed by atoms with van der Waals surface area (Å²) < 4.78 is 10.1. The number of carbonyl (C=O) groups is 2. The van der Waals surface area contributed by atoms with E-state index < -0.39 is 5.60 Å². The third-order valence-electron chi connectivity index (χ3n) is 8.09. The molecule has 2 aromatic carbocycles. The zero-order valence-corrected chi connectivity index (χ0v) is 29.2. The lowest BCUT2D eigenvalue weighted by Crippen LogP contribution is -2.58. The van der Waals surface area contributed by atoms with E-state index >= 15 is 0 Å². The van der Waals surface area contributed by atoms with Crippen LogP contribution in [0.3, 0.4) is 0 Å². The van der Waals surface area contributed by atoms with Gasteiger partial charge in [0.05, 0.1) is 35.4 Å². The maximum Gasteiger partial charge on any atom is 0.410 e. The molecule has 244 valence electrons. The van der Waals surface area contributed by atoms with Crippen LogP contribution >= 0.6 is 15.9 Å². The number of hydrogen-bond donors (Lipinski definition) is 0. The van der Waals surface area contributed by atoms with Crippen molar-refractivity contribution in [2.24, 2.45) is 7.05 Å². The first-order valence-electron chi connectivity index (χ1n) is 15.5. The van der Waals surface area contributed by atoms with Gasteiger partial charge in [0, 0.05) is 56.0 Å². The molecular weight excluding hydrogens is 648 g/mol. The highest BCUT2D eigenvalue weighted by molar-refractivity contribution is 9.10. The average Bonchev–Trinajstić information content (AvgIpc) is 3.62. The van der Waals surface area contributed by atoms with Crippen LogP contribution in [0.15, 0.2) is 65.4 Å². The molecule has 0 N–H and O–H groups in total. The summed E-state index contributed by atoms with van der Waals surface area (Å²) >= 11 is 3.56. The Morgan fingerprint density at radius 3 is 2.43 bits per heavy atom. The summed E-state index contributed by atoms with van der Waals surface area (Å²) in [6, 6.07) is 15.9. The van der Waals surface area contributed by atoms with Crippen LogP contribution in [-0.4, -0.2) is 82.2 Å². The van der Waals surface area contributed by atoms with E-state index in [1.807, 2.05) is 94.4 Å². The van der Waals surface area contributed by atoms with Crippen LogP contribution in [0.5, 0.6) is 0 Å². The topological polar surface area (TPSA) is 102 Å². The Morgan fingerprint density at radius 2 is 1.78 bits per heavy atom. The molecule has 2 atom stereocenters. The fraction of sp³-hybridized carbons (Fsp3) is 0.441. The highest BCUT2D eigenvalue weighted by Crippen LogP contribution is 2.24. The lowest BCUT2D eigenvalue weighted by Gasteiger charge is -2.44. The van der Waals surface area contributed by atoms with Crippen LogP contribution in [0.1, 0.15) is 67.5 Å². The second-order valence-electron chi connectivity index (χ2n) is 13.2. The first-order chi connectivity index (χ1) is 21.8. The highest BCUT2D eigenvalue weighted by Gasteiger charge is 2.34. The number of ether oxygens (including phenoxy) is 1. The van der Waals surface area contributed by atoms with Crippen LogP contribution in [0, 0.1) is 6.92 Å². The number of aryl methyl sites for hydroxylation is 2. The van der Waals surface area contributed by atoms with Gasteiger partial charge in [-0.25, -0.2) is 9.48 Å². The molecule has 0 saturated carbocycles. The molecule has 1 saturated heterocycles. The zero-order chi connectivity index (χ0) is 33.2. The molecule has 1 aliphatic rings. The number of aromatic nitrogens is 5. The summed E-state index contributed by atoms with van der Waals surface area (Å²) in [6.45, 7) is 14.4. The number of halogens is 1. The van der Waals surface area contributed by atoms with Gasteiger partial charge in [0.2, 0.25) is 0 Å². The first kappa shape index (κ1) is 33.3. The van der Waals surface area contributed by atoms with Crippen molar-refractivity contribution in [2.45, 2.75) is 78.9 Å². The summed E-state index contributed by atoms with van der Waals surface area (Å²) in [7, 11) is 1.88. The fourth-order valence-electron chi connectivity index (χ4n) is 5.81. The molecule has 46 heavy (non-hydrogen) atoms. The quantitative estimate of drug-likeness (QED) is 0.232. The highest BCUT2D eigenvalue weighted by atomic mass is 79.9. The molecule has 0 radical (unpaired) electrons. The summed E-state index contributed by atoms with van der Waals surface area (Å²) in [6.07, 6.45) is 3.35. The van der Waals surface area contributed by atoms with Crippen LogP contribution in [0.25, 0.3) is 5.69 Å². The van der Waals surface area contributed by atoms with Gasteiger partial charge < -0.3 is 14.5 Å². The zero-order valence-electron chi connectivity index (χ0n) is 27.6. The van der Waals surface area contributed by atoms with E-state index in [1.165, 1.54) is 0 Å². The SMILES string of the molecule is Cc1ccc(C(=O)N(Cc2cccc(Br)c2)Cc2ccnn2C)c(-n2cc(CN3[C@H](C)CN(C(=O)OC(C)(C)C)C[C@@H]3C)nn2)c1. The molecule has 1 aliphatic heterocycles. The number of piperazine rings is 1. The van der Waals surface area contributed by atoms with Gasteiger partial charge in [0.15, 0.2) is 0 Å². The van der Waals surface area contributed by atoms with E-state index in [2.05, 4.69) is 50.1 Å². The van der Waals surface area contributed by atoms with Crippen LogP contribution in [0.4, 0.5) is 4.79 Å². The second-order valence-corrected chi connectivity index (χ2v) is 14.1. The number of amides is 2. The number of carbonyl (C=O) groups excluding carboxylic acids is 2. The predicted octanol–water partition coefficient (Wildman–Crippen LogP) is 5.74. The second kappa shape index (κ2) is 13.8. The van der Waals surface area contributed by atoms with Crippen molar-refractivity contribution in [3.63, 3.8) is 0 Å². The summed E-state index contributed by atoms with van der Waals surface area (Å²) in [4.78, 5) is 33.0. The Bertz CT molecular complexity index is 1680. The lowest BCUT2D eigenvalue weighted by molar-refractivity contribution is -0.00997. The van der Waals surface area contributed by atoms with E-state index in [0.29, 0.717) is 44.0 Å². The van der Waals surface area contributed by atoms with Gasteiger partial charge in [-0.1, -0.05) is 39.3 Å². The number of nitrogens with zero attached hydrogens (tertiary/aromatic N) is 8. The normalized spacial score (nSPS) is 17.3. The van der Waals surface area contributed by atoms with E-state index in [1.54, 1.807) is 20.5 Å². The third-order valence-corrected chi connectivity index (χ3v) is 8.59. The molecule has 2 aromatic heterocycles. The summed E-state index contributed by atoms with van der Waals surface area (Å²) in [5.74, 6) is -0.117. The van der Waals surface area contributed by atoms with Crippen molar-refractivity contribution in [3.8, 4) is 5.69 Å². The maximum absolute atomic E-state index is 14.3. The molecule has 0 spiro atoms. The van der Waals surface area contributed by atoms with Crippen LogP contribution in [-0.2, 0) is 31.4 Å². The smallest absolute Gasteiger partial charge is 0.410 e. The Hall–Kier alpha value is -4.03. The van der Waals surface area contributed by atoms with Gasteiger partial charge in [0.25, 0.3) is 5.91 Å². The molecular formula is C34H43BrN8O3. The van der Waals surface area contributed by atoms with Crippen molar-refractivity contribution >= 4 is 27.9 Å². The van der Waals surface area contributed by atoms with Gasteiger partial charge in [0.1, 0.15) is 5.60 Å². The average molecular weight is 692 g/mol. The minimum Gasteiger partial charge on any atom is -0.444 e. The molecule has 12 heteroatoms. The predicted molar refractivity (Wildman–Crippen MR) is 179 cm³/mol. The summed E-state index contributed by atoms with van der Waals surface area (Å²) in [5, 5.41) is 13.3. The van der Waals surface area contributed by atoms with Crippen molar-refractivity contribution in [2.75, 3.05) is 13.1 Å². The fourth-order valence-corrected chi connectivity index (χ4v) is 6.26. The van der Waals surface area contributed by atoms with Gasteiger partial charge in [-0.3, -0.25) is 14.4 Å². The van der Waals surface area contributed by atoms with Crippen molar-refractivity contribution in [3.05, 3.63) is 93.5 Å². The van der Waals surface area contributed by atoms with E-state index in [0.717, 1.165) is 27.0 Å². The monoisotopic (exact) mass is 690 g/mol. The number of hydrogen-bond acceptors (Lipinski definition) is 7. The molecule has 0 unspecified atom stereocenters. The molecule has 11 nitrogen and oxygen atoms in total. The molecule has 4 aromatic rings. The van der Waals surface area contributed by atoms with Gasteiger partial charge in [-0.2, -0.15) is 5.10 Å². The lowest BCUT2D eigenvalue weighted by atomic mass is 10.1. The third kappa shape index (κ3) is 8.03. The molecule has 0 bridgehead atoms. The standard InChI is InChI=1S/C34H43BrN8O3/c1-23-11-12-30(32(44)40(22-29-13-14-36-39(29)7)19-26-9-8-10-27(35)16-26)31(15-23)43-21-28(37-38-43)20-42-24(2)17-41(18-25(42)3)33(45)46-34(4,5)6/h8-16,21,24-25H,17-20,22H2,1-7H3/t24-,25+. The maximum atomic E-state index is 14.3. The minimum atomic E-state index is -0.538. The molecule has 0 aliphatic carbocycles. The van der Waals surface area contributed by atoms with E-state index in [9.17, 15) is 9.59 Å². The molecule has 1 fully saturated rings. The van der Waals surface area contributed by atoms with E-state index in [-0.39, 0.29) is 24.1 Å². The largest absolute Gasteiger partial charge is 0.444 e. The number of rotatable bonds is 8. The Morgan fingerprint density at radius 1 is 1.04 bits per heavy atom. The van der Waals surface area contributed by atoms with Gasteiger partial charge in [-0.15, -0.1) is 5.10 Å². The molecule has 3 heterocycles. The van der Waals surface area contributed by atoms with Gasteiger partial charge >= 0.3 is 6.09 Å². The molecule has 5 rings (SSSR count). The van der Waals surface area contributed by atoms with Crippen LogP contribution < -0.4 is 0 Å².